The number of benzene rings is 1. The van der Waals surface area contributed by atoms with E-state index in [0.29, 0.717) is 17.8 Å². The predicted octanol–water partition coefficient (Wildman–Crippen LogP) is 2.30. The summed E-state index contributed by atoms with van der Waals surface area (Å²) in [6.45, 7) is 5.60. The lowest BCUT2D eigenvalue weighted by Crippen LogP contribution is -2.28. The number of amides is 1. The van der Waals surface area contributed by atoms with E-state index in [4.69, 9.17) is 10.7 Å². The van der Waals surface area contributed by atoms with Crippen LogP contribution in [-0.4, -0.2) is 20.9 Å². The minimum absolute atomic E-state index is 0.0417. The van der Waals surface area contributed by atoms with Gasteiger partial charge in [-0.1, -0.05) is 0 Å². The zero-order chi connectivity index (χ0) is 13.2. The standard InChI is InChI=1S/C11H14ClNO3S/c1-4-13(9(3)14)11-6-5-10(7-8(11)2)17(12,15)16/h5-7H,4H2,1-3H3. The van der Waals surface area contributed by atoms with E-state index in [9.17, 15) is 13.2 Å². The second-order valence-corrected chi connectivity index (χ2v) is 6.22. The Kier molecular flexibility index (Phi) is 4.16. The van der Waals surface area contributed by atoms with Crippen molar-refractivity contribution in [2.75, 3.05) is 11.4 Å². The lowest BCUT2D eigenvalue weighted by atomic mass is 10.2. The van der Waals surface area contributed by atoms with Crippen LogP contribution in [0.5, 0.6) is 0 Å². The number of carbonyl (C=O) groups excluding carboxylic acids is 1. The highest BCUT2D eigenvalue weighted by molar-refractivity contribution is 8.13. The van der Waals surface area contributed by atoms with E-state index >= 15 is 0 Å². The zero-order valence-electron chi connectivity index (χ0n) is 9.90. The van der Waals surface area contributed by atoms with Gasteiger partial charge < -0.3 is 4.90 Å². The fourth-order valence-corrected chi connectivity index (χ4v) is 2.48. The highest BCUT2D eigenvalue weighted by atomic mass is 35.7. The summed E-state index contributed by atoms with van der Waals surface area (Å²) >= 11 is 0. The first-order valence-corrected chi connectivity index (χ1v) is 7.41. The lowest BCUT2D eigenvalue weighted by Gasteiger charge is -2.21. The van der Waals surface area contributed by atoms with E-state index in [-0.39, 0.29) is 10.8 Å². The van der Waals surface area contributed by atoms with Crippen molar-refractivity contribution >= 4 is 31.3 Å². The molecule has 1 aromatic carbocycles. The van der Waals surface area contributed by atoms with Crippen LogP contribution in [0.4, 0.5) is 5.69 Å². The molecular formula is C11H14ClNO3S. The van der Waals surface area contributed by atoms with Gasteiger partial charge in [-0.25, -0.2) is 8.42 Å². The monoisotopic (exact) mass is 275 g/mol. The number of halogens is 1. The molecule has 0 saturated heterocycles. The summed E-state index contributed by atoms with van der Waals surface area (Å²) in [5, 5.41) is 0. The Morgan fingerprint density at radius 3 is 2.35 bits per heavy atom. The molecule has 0 heterocycles. The molecule has 0 bridgehead atoms. The minimum Gasteiger partial charge on any atom is -0.313 e. The van der Waals surface area contributed by atoms with Gasteiger partial charge in [0.1, 0.15) is 0 Å². The molecule has 6 heteroatoms. The van der Waals surface area contributed by atoms with Crippen molar-refractivity contribution in [2.24, 2.45) is 0 Å². The molecular weight excluding hydrogens is 262 g/mol. The Hall–Kier alpha value is -1.07. The van der Waals surface area contributed by atoms with Gasteiger partial charge in [0, 0.05) is 29.8 Å². The van der Waals surface area contributed by atoms with Crippen molar-refractivity contribution in [2.45, 2.75) is 25.7 Å². The van der Waals surface area contributed by atoms with Crippen molar-refractivity contribution in [1.29, 1.82) is 0 Å². The molecule has 0 fully saturated rings. The molecule has 1 rings (SSSR count). The van der Waals surface area contributed by atoms with Crippen LogP contribution in [0.25, 0.3) is 0 Å². The lowest BCUT2D eigenvalue weighted by molar-refractivity contribution is -0.116. The fourth-order valence-electron chi connectivity index (χ4n) is 1.65. The maximum atomic E-state index is 11.4. The smallest absolute Gasteiger partial charge is 0.261 e. The predicted molar refractivity (Wildman–Crippen MR) is 67.9 cm³/mol. The van der Waals surface area contributed by atoms with Crippen LogP contribution in [0.1, 0.15) is 19.4 Å². The van der Waals surface area contributed by atoms with Crippen LogP contribution in [0.3, 0.4) is 0 Å². The summed E-state index contributed by atoms with van der Waals surface area (Å²) in [4.78, 5) is 13.0. The number of hydrogen-bond donors (Lipinski definition) is 0. The van der Waals surface area contributed by atoms with Crippen LogP contribution >= 0.6 is 10.7 Å². The molecule has 0 aliphatic carbocycles. The first-order valence-electron chi connectivity index (χ1n) is 5.10. The molecule has 1 amide bonds. The molecule has 1 aromatic rings. The van der Waals surface area contributed by atoms with Crippen LogP contribution in [-0.2, 0) is 13.8 Å². The first kappa shape index (κ1) is 14.0. The number of hydrogen-bond acceptors (Lipinski definition) is 3. The van der Waals surface area contributed by atoms with E-state index in [1.807, 2.05) is 6.92 Å². The number of anilines is 1. The Balaban J connectivity index is 3.27. The van der Waals surface area contributed by atoms with Gasteiger partial charge in [-0.3, -0.25) is 4.79 Å². The summed E-state index contributed by atoms with van der Waals surface area (Å²) in [5.41, 5.74) is 1.40. The molecule has 0 saturated carbocycles. The molecule has 0 aliphatic heterocycles. The van der Waals surface area contributed by atoms with Gasteiger partial charge in [-0.15, -0.1) is 0 Å². The highest BCUT2D eigenvalue weighted by Crippen LogP contribution is 2.25. The molecule has 0 aromatic heterocycles. The maximum absolute atomic E-state index is 11.4. The molecule has 0 unspecified atom stereocenters. The number of nitrogens with zero attached hydrogens (tertiary/aromatic N) is 1. The second-order valence-electron chi connectivity index (χ2n) is 3.65. The number of carbonyl (C=O) groups is 1. The Morgan fingerprint density at radius 1 is 1.41 bits per heavy atom. The van der Waals surface area contributed by atoms with Crippen LogP contribution in [0, 0.1) is 6.92 Å². The van der Waals surface area contributed by atoms with Crippen LogP contribution in [0.2, 0.25) is 0 Å². The highest BCUT2D eigenvalue weighted by Gasteiger charge is 2.15. The molecule has 0 N–H and O–H groups in total. The van der Waals surface area contributed by atoms with Gasteiger partial charge in [-0.2, -0.15) is 0 Å². The number of aryl methyl sites for hydroxylation is 1. The number of rotatable bonds is 3. The molecule has 4 nitrogen and oxygen atoms in total. The Bertz CT molecular complexity index is 540. The second kappa shape index (κ2) is 5.06. The Morgan fingerprint density at radius 2 is 2.00 bits per heavy atom. The third-order valence-electron chi connectivity index (χ3n) is 2.44. The van der Waals surface area contributed by atoms with E-state index < -0.39 is 9.05 Å². The summed E-state index contributed by atoms with van der Waals surface area (Å²) in [7, 11) is 1.52. The van der Waals surface area contributed by atoms with Crippen LogP contribution in [0.15, 0.2) is 23.1 Å². The average molecular weight is 276 g/mol. The van der Waals surface area contributed by atoms with E-state index in [1.54, 1.807) is 17.9 Å². The van der Waals surface area contributed by atoms with E-state index in [2.05, 4.69) is 0 Å². The average Bonchev–Trinajstić information content (AvgIpc) is 2.19. The Labute approximate surface area is 106 Å². The molecule has 0 atom stereocenters. The van der Waals surface area contributed by atoms with Gasteiger partial charge >= 0.3 is 0 Å². The maximum Gasteiger partial charge on any atom is 0.261 e. The van der Waals surface area contributed by atoms with Crippen LogP contribution < -0.4 is 4.90 Å². The van der Waals surface area contributed by atoms with Gasteiger partial charge in [-0.05, 0) is 37.6 Å². The molecule has 0 spiro atoms. The summed E-state index contributed by atoms with van der Waals surface area (Å²) in [5.74, 6) is -0.0860. The third-order valence-corrected chi connectivity index (χ3v) is 3.79. The van der Waals surface area contributed by atoms with E-state index in [0.717, 1.165) is 0 Å². The SMILES string of the molecule is CCN(C(C)=O)c1ccc(S(=O)(=O)Cl)cc1C. The summed E-state index contributed by atoms with van der Waals surface area (Å²) in [6, 6.07) is 4.45. The minimum atomic E-state index is -3.73. The van der Waals surface area contributed by atoms with Crippen molar-refractivity contribution in [3.63, 3.8) is 0 Å². The van der Waals surface area contributed by atoms with Gasteiger partial charge in [0.2, 0.25) is 5.91 Å². The van der Waals surface area contributed by atoms with Crippen molar-refractivity contribution in [1.82, 2.24) is 0 Å². The topological polar surface area (TPSA) is 54.5 Å². The quantitative estimate of drug-likeness (QED) is 0.796. The van der Waals surface area contributed by atoms with Gasteiger partial charge in [0.15, 0.2) is 0 Å². The fraction of sp³-hybridized carbons (Fsp3) is 0.364. The zero-order valence-corrected chi connectivity index (χ0v) is 11.5. The van der Waals surface area contributed by atoms with Crippen molar-refractivity contribution in [3.8, 4) is 0 Å². The van der Waals surface area contributed by atoms with Crippen molar-refractivity contribution in [3.05, 3.63) is 23.8 Å². The summed E-state index contributed by atoms with van der Waals surface area (Å²) < 4.78 is 22.3. The molecule has 0 aliphatic rings. The first-order chi connectivity index (χ1) is 7.77. The van der Waals surface area contributed by atoms with Gasteiger partial charge in [0.25, 0.3) is 9.05 Å². The van der Waals surface area contributed by atoms with Crippen molar-refractivity contribution < 1.29 is 13.2 Å². The molecule has 94 valence electrons. The normalized spacial score (nSPS) is 11.3. The third kappa shape index (κ3) is 3.20. The molecule has 0 radical (unpaired) electrons. The van der Waals surface area contributed by atoms with E-state index in [1.165, 1.54) is 19.1 Å². The van der Waals surface area contributed by atoms with Gasteiger partial charge in [0.05, 0.1) is 4.90 Å². The molecule has 17 heavy (non-hydrogen) atoms. The summed E-state index contributed by atoms with van der Waals surface area (Å²) in [6.07, 6.45) is 0. The largest absolute Gasteiger partial charge is 0.313 e.